The molecule has 254 valence electrons. The van der Waals surface area contributed by atoms with Gasteiger partial charge in [0.25, 0.3) is 11.5 Å². The summed E-state index contributed by atoms with van der Waals surface area (Å²) in [7, 11) is 1.20. The van der Waals surface area contributed by atoms with Gasteiger partial charge >= 0.3 is 17.4 Å². The number of nitrogens with one attached hydrogen (secondary N) is 1. The number of nitrogens with zero attached hydrogens (tertiary/aromatic N) is 2. The highest BCUT2D eigenvalue weighted by molar-refractivity contribution is 7.99. The number of amides is 2. The van der Waals surface area contributed by atoms with Gasteiger partial charge in [-0.2, -0.15) is 21.4 Å². The minimum atomic E-state index is -3.95. The van der Waals surface area contributed by atoms with Crippen molar-refractivity contribution in [2.45, 2.75) is 54.4 Å². The van der Waals surface area contributed by atoms with E-state index >= 15 is 0 Å². The molecular weight excluding hydrogens is 719 g/mol. The number of anilines is 1. The van der Waals surface area contributed by atoms with Gasteiger partial charge in [-0.05, 0) is 65.7 Å². The van der Waals surface area contributed by atoms with Crippen LogP contribution < -0.4 is 10.5 Å². The number of pyridine rings is 1. The molecule has 1 unspecified atom stereocenters. The summed E-state index contributed by atoms with van der Waals surface area (Å²) in [4.78, 5) is 57.0. The average molecular weight is 751 g/mol. The van der Waals surface area contributed by atoms with E-state index in [1.807, 2.05) is 18.8 Å². The van der Waals surface area contributed by atoms with Crippen LogP contribution in [0.3, 0.4) is 0 Å². The lowest BCUT2D eigenvalue weighted by atomic mass is 10.0. The summed E-state index contributed by atoms with van der Waals surface area (Å²) in [6, 6.07) is 9.70. The van der Waals surface area contributed by atoms with Gasteiger partial charge in [-0.15, -0.1) is 0 Å². The van der Waals surface area contributed by atoms with E-state index in [4.69, 9.17) is 44.3 Å². The van der Waals surface area contributed by atoms with Crippen LogP contribution in [-0.2, 0) is 26.2 Å². The number of esters is 1. The molecular formula is C31H32Cl3F2N3O6S2. The number of thiol groups is 1. The fourth-order valence-electron chi connectivity index (χ4n) is 4.95. The Kier molecular flexibility index (Phi) is 13.9. The zero-order chi connectivity index (χ0) is 35.1. The number of aromatic nitrogens is 1. The first kappa shape index (κ1) is 38.5. The fraction of sp³-hybridized carbons (Fsp3) is 0.355. The Hall–Kier alpha value is -2.97. The summed E-state index contributed by atoms with van der Waals surface area (Å²) in [5.41, 5.74) is -0.800. The number of hydrogen-bond acceptors (Lipinski definition) is 8. The van der Waals surface area contributed by atoms with Crippen LogP contribution in [0.2, 0.25) is 10.0 Å². The van der Waals surface area contributed by atoms with Crippen LogP contribution in [0.5, 0.6) is 0 Å². The van der Waals surface area contributed by atoms with E-state index in [1.54, 1.807) is 30.5 Å². The first-order valence-electron chi connectivity index (χ1n) is 14.2. The van der Waals surface area contributed by atoms with E-state index in [2.05, 4.69) is 12.6 Å². The molecule has 0 spiro atoms. The Balaban J connectivity index is 0.00000144. The number of fused-ring (bicyclic) bond motifs is 1. The Labute approximate surface area is 295 Å². The lowest BCUT2D eigenvalue weighted by Crippen LogP contribution is -2.37. The number of benzene rings is 2. The van der Waals surface area contributed by atoms with Crippen molar-refractivity contribution in [1.82, 2.24) is 9.88 Å². The number of halogens is 5. The second kappa shape index (κ2) is 16.9. The average Bonchev–Trinajstić information content (AvgIpc) is 3.41. The molecule has 1 aromatic heterocycles. The predicted octanol–water partition coefficient (Wildman–Crippen LogP) is 8.30. The SMILES string of the molecule is CC.COC(=O)CC1c2ccc(N3CCCOC3=O)cc2CN1C(=O)c1c(Sc2c(Cl)cccc2Cl)cc(C(F)(F)Cl)[nH]c1=O.CS. The highest BCUT2D eigenvalue weighted by Crippen LogP contribution is 2.44. The second-order valence-electron chi connectivity index (χ2n) is 9.63. The van der Waals surface area contributed by atoms with E-state index in [9.17, 15) is 28.0 Å². The Bertz CT molecular complexity index is 1670. The zero-order valence-electron chi connectivity index (χ0n) is 25.7. The second-order valence-corrected chi connectivity index (χ2v) is 12.0. The van der Waals surface area contributed by atoms with Crippen molar-refractivity contribution in [3.63, 3.8) is 0 Å². The number of methoxy groups -OCH3 is 1. The number of H-pyrrole nitrogens is 1. The van der Waals surface area contributed by atoms with Crippen molar-refractivity contribution in [2.75, 3.05) is 31.4 Å². The van der Waals surface area contributed by atoms with Gasteiger partial charge in [-0.3, -0.25) is 19.3 Å². The molecule has 0 bridgehead atoms. The number of carbonyl (C=O) groups excluding carboxylic acids is 3. The molecule has 1 N–H and O–H groups in total. The van der Waals surface area contributed by atoms with Gasteiger partial charge in [0.05, 0.1) is 36.2 Å². The normalized spacial score (nSPS) is 15.4. The fourth-order valence-corrected chi connectivity index (χ4v) is 6.69. The molecule has 2 amide bonds. The number of hydrogen-bond donors (Lipinski definition) is 2. The number of alkyl halides is 3. The van der Waals surface area contributed by atoms with Gasteiger partial charge in [-0.25, -0.2) is 4.79 Å². The van der Waals surface area contributed by atoms with E-state index in [1.165, 1.54) is 29.0 Å². The first-order valence-corrected chi connectivity index (χ1v) is 17.1. The third-order valence-corrected chi connectivity index (χ3v) is 9.23. The molecule has 2 aliphatic heterocycles. The minimum Gasteiger partial charge on any atom is -0.469 e. The van der Waals surface area contributed by atoms with Crippen molar-refractivity contribution in [3.05, 3.63) is 85.2 Å². The summed E-state index contributed by atoms with van der Waals surface area (Å²) >= 11 is 22.1. The number of aromatic amines is 1. The molecule has 5 rings (SSSR count). The Morgan fingerprint density at radius 3 is 2.38 bits per heavy atom. The Morgan fingerprint density at radius 2 is 1.79 bits per heavy atom. The van der Waals surface area contributed by atoms with Crippen molar-refractivity contribution in [2.24, 2.45) is 0 Å². The predicted molar refractivity (Wildman–Crippen MR) is 183 cm³/mol. The largest absolute Gasteiger partial charge is 0.469 e. The standard InChI is InChI=1S/C28H22Cl3F2N3O6S.C2H6.CH4S/c1-41-22(37)11-19-16-7-6-15(35-8-3-9-42-27(35)40)10-14(16)13-36(19)26(39)23-20(12-21(28(31,32)33)34-25(23)38)43-24-17(29)4-2-5-18(24)30;2*1-2/h2,4-7,10,12,19H,3,8-9,11,13H2,1H3,(H,34,38);1-2H3;2H,1H3. The monoisotopic (exact) mass is 749 g/mol. The maximum Gasteiger partial charge on any atom is 0.414 e. The summed E-state index contributed by atoms with van der Waals surface area (Å²) in [5, 5.41) is -3.63. The van der Waals surface area contributed by atoms with Gasteiger partial charge in [0.1, 0.15) is 11.3 Å². The van der Waals surface area contributed by atoms with Gasteiger partial charge in [-0.1, -0.05) is 60.9 Å². The maximum atomic E-state index is 14.2. The van der Waals surface area contributed by atoms with Crippen LogP contribution in [0.15, 0.2) is 57.1 Å². The van der Waals surface area contributed by atoms with Crippen LogP contribution in [0, 0.1) is 0 Å². The van der Waals surface area contributed by atoms with Crippen molar-refractivity contribution < 1.29 is 32.6 Å². The van der Waals surface area contributed by atoms with E-state index in [0.29, 0.717) is 36.4 Å². The molecule has 1 saturated heterocycles. The van der Waals surface area contributed by atoms with E-state index in [-0.39, 0.29) is 32.8 Å². The minimum absolute atomic E-state index is 0.0592. The van der Waals surface area contributed by atoms with Crippen molar-refractivity contribution in [1.29, 1.82) is 0 Å². The number of carbonyl (C=O) groups is 3. The van der Waals surface area contributed by atoms with Crippen LogP contribution in [0.4, 0.5) is 19.3 Å². The first-order chi connectivity index (χ1) is 22.4. The highest BCUT2D eigenvalue weighted by Gasteiger charge is 2.39. The molecule has 0 aliphatic carbocycles. The van der Waals surface area contributed by atoms with Crippen LogP contribution in [0.1, 0.15) is 59.9 Å². The number of cyclic esters (lactones) is 1. The van der Waals surface area contributed by atoms with Crippen LogP contribution >= 0.6 is 59.2 Å². The summed E-state index contributed by atoms with van der Waals surface area (Å²) < 4.78 is 38.3. The molecule has 47 heavy (non-hydrogen) atoms. The lowest BCUT2D eigenvalue weighted by molar-refractivity contribution is -0.141. The van der Waals surface area contributed by atoms with Crippen molar-refractivity contribution in [3.8, 4) is 0 Å². The molecule has 9 nitrogen and oxygen atoms in total. The molecule has 3 heterocycles. The molecule has 2 aromatic carbocycles. The van der Waals surface area contributed by atoms with Gasteiger partial charge in [0.2, 0.25) is 0 Å². The molecule has 0 saturated carbocycles. The molecule has 3 aromatic rings. The third kappa shape index (κ3) is 8.74. The quantitative estimate of drug-likeness (QED) is 0.142. The molecule has 0 radical (unpaired) electrons. The molecule has 2 aliphatic rings. The summed E-state index contributed by atoms with van der Waals surface area (Å²) in [6.07, 6.45) is 1.56. The number of ether oxygens (including phenoxy) is 2. The number of rotatable bonds is 7. The van der Waals surface area contributed by atoms with Gasteiger partial charge in [0.15, 0.2) is 0 Å². The molecule has 16 heteroatoms. The van der Waals surface area contributed by atoms with Crippen molar-refractivity contribution >= 4 is 82.9 Å². The van der Waals surface area contributed by atoms with Gasteiger partial charge in [0, 0.05) is 28.6 Å². The summed E-state index contributed by atoms with van der Waals surface area (Å²) in [6.45, 7) is 4.69. The zero-order valence-corrected chi connectivity index (χ0v) is 29.7. The topological polar surface area (TPSA) is 109 Å². The third-order valence-electron chi connectivity index (χ3n) is 6.98. The highest BCUT2D eigenvalue weighted by atomic mass is 35.5. The van der Waals surface area contributed by atoms with E-state index in [0.717, 1.165) is 17.8 Å². The molecule has 1 fully saturated rings. The smallest absolute Gasteiger partial charge is 0.414 e. The van der Waals surface area contributed by atoms with Gasteiger partial charge < -0.3 is 19.4 Å². The Morgan fingerprint density at radius 1 is 1.13 bits per heavy atom. The van der Waals surface area contributed by atoms with E-state index < -0.39 is 46.2 Å². The van der Waals surface area contributed by atoms with Crippen LogP contribution in [0.25, 0.3) is 0 Å². The summed E-state index contributed by atoms with van der Waals surface area (Å²) in [5.74, 6) is -1.47. The van der Waals surface area contributed by atoms with Crippen LogP contribution in [-0.4, -0.2) is 54.4 Å². The lowest BCUT2D eigenvalue weighted by Gasteiger charge is -2.26. The molecule has 1 atom stereocenters. The maximum absolute atomic E-state index is 14.2.